The van der Waals surface area contributed by atoms with Crippen LogP contribution in [-0.4, -0.2) is 79.6 Å². The Morgan fingerprint density at radius 2 is 1.73 bits per heavy atom. The molecule has 2 aromatic rings. The van der Waals surface area contributed by atoms with Crippen LogP contribution in [0.3, 0.4) is 0 Å². The van der Waals surface area contributed by atoms with Gasteiger partial charge < -0.3 is 19.4 Å². The van der Waals surface area contributed by atoms with E-state index in [4.69, 9.17) is 27.9 Å². The van der Waals surface area contributed by atoms with Gasteiger partial charge in [-0.1, -0.05) is 47.8 Å². The van der Waals surface area contributed by atoms with Gasteiger partial charge in [0.15, 0.2) is 0 Å². The van der Waals surface area contributed by atoms with Gasteiger partial charge in [0, 0.05) is 24.5 Å². The number of hydrogen-bond acceptors (Lipinski definition) is 4. The SMILES string of the molecule is COc1ccccc1C(=O)N1CC[C@@](CCN2CCC(N3CCCCC3)CC2)(c2ccc(Cl)c(Cl)c2)C1. The van der Waals surface area contributed by atoms with E-state index in [2.05, 4.69) is 15.9 Å². The van der Waals surface area contributed by atoms with Crippen molar-refractivity contribution in [2.45, 2.75) is 56.4 Å². The molecule has 3 aliphatic rings. The van der Waals surface area contributed by atoms with Crippen molar-refractivity contribution in [2.75, 3.05) is 52.9 Å². The fraction of sp³-hybridized carbons (Fsp3) is 0.567. The molecule has 0 N–H and O–H groups in total. The summed E-state index contributed by atoms with van der Waals surface area (Å²) in [6, 6.07) is 14.3. The van der Waals surface area contributed by atoms with Gasteiger partial charge in [-0.05, 0) is 101 Å². The number of likely N-dealkylation sites (tertiary alicyclic amines) is 3. The first-order valence-electron chi connectivity index (χ1n) is 13.8. The first-order valence-corrected chi connectivity index (χ1v) is 14.6. The van der Waals surface area contributed by atoms with Crippen molar-refractivity contribution in [3.63, 3.8) is 0 Å². The van der Waals surface area contributed by atoms with Gasteiger partial charge in [-0.15, -0.1) is 0 Å². The van der Waals surface area contributed by atoms with Gasteiger partial charge in [-0.2, -0.15) is 0 Å². The fourth-order valence-electron chi connectivity index (χ4n) is 6.61. The van der Waals surface area contributed by atoms with E-state index in [1.807, 2.05) is 41.3 Å². The average molecular weight is 545 g/mol. The zero-order chi connectivity index (χ0) is 25.8. The number of para-hydroxylation sites is 1. The van der Waals surface area contributed by atoms with Crippen LogP contribution >= 0.6 is 23.2 Å². The predicted molar refractivity (Wildman–Crippen MR) is 151 cm³/mol. The normalized spacial score (nSPS) is 23.9. The molecule has 0 radical (unpaired) electrons. The number of hydrogen-bond donors (Lipinski definition) is 0. The van der Waals surface area contributed by atoms with E-state index in [-0.39, 0.29) is 11.3 Å². The molecule has 0 saturated carbocycles. The summed E-state index contributed by atoms with van der Waals surface area (Å²) in [4.78, 5) is 20.9. The Labute approximate surface area is 231 Å². The van der Waals surface area contributed by atoms with Crippen molar-refractivity contribution in [3.8, 4) is 5.75 Å². The predicted octanol–water partition coefficient (Wildman–Crippen LogP) is 6.13. The molecular formula is C30H39Cl2N3O2. The molecule has 37 heavy (non-hydrogen) atoms. The Hall–Kier alpha value is -1.79. The summed E-state index contributed by atoms with van der Waals surface area (Å²) in [6.45, 7) is 7.29. The van der Waals surface area contributed by atoms with Crippen molar-refractivity contribution in [3.05, 3.63) is 63.6 Å². The van der Waals surface area contributed by atoms with Crippen LogP contribution in [0.1, 0.15) is 60.9 Å². The summed E-state index contributed by atoms with van der Waals surface area (Å²) in [7, 11) is 1.62. The number of halogens is 2. The minimum absolute atomic E-state index is 0.0294. The Bertz CT molecular complexity index is 1080. The Morgan fingerprint density at radius 1 is 0.973 bits per heavy atom. The molecule has 0 spiro atoms. The Kier molecular flexibility index (Phi) is 8.65. The van der Waals surface area contributed by atoms with Crippen LogP contribution < -0.4 is 4.74 Å². The first kappa shape index (κ1) is 26.8. The second-order valence-corrected chi connectivity index (χ2v) is 11.8. The molecule has 2 aromatic carbocycles. The molecule has 3 fully saturated rings. The summed E-state index contributed by atoms with van der Waals surface area (Å²) in [6.07, 6.45) is 8.54. The van der Waals surface area contributed by atoms with E-state index in [0.717, 1.165) is 38.5 Å². The molecule has 5 nitrogen and oxygen atoms in total. The van der Waals surface area contributed by atoms with Gasteiger partial charge >= 0.3 is 0 Å². The molecule has 200 valence electrons. The lowest BCUT2D eigenvalue weighted by Crippen LogP contribution is -2.47. The van der Waals surface area contributed by atoms with Crippen molar-refractivity contribution >= 4 is 29.1 Å². The van der Waals surface area contributed by atoms with Crippen molar-refractivity contribution in [1.29, 1.82) is 0 Å². The highest BCUT2D eigenvalue weighted by molar-refractivity contribution is 6.42. The van der Waals surface area contributed by atoms with E-state index in [1.165, 1.54) is 50.8 Å². The number of piperidine rings is 2. The number of rotatable bonds is 7. The van der Waals surface area contributed by atoms with Crippen LogP contribution in [0.25, 0.3) is 0 Å². The topological polar surface area (TPSA) is 36.0 Å². The van der Waals surface area contributed by atoms with Crippen LogP contribution in [-0.2, 0) is 5.41 Å². The van der Waals surface area contributed by atoms with E-state index in [9.17, 15) is 4.79 Å². The van der Waals surface area contributed by atoms with Crippen LogP contribution in [0.2, 0.25) is 10.0 Å². The summed E-state index contributed by atoms with van der Waals surface area (Å²) >= 11 is 12.8. The lowest BCUT2D eigenvalue weighted by molar-refractivity contribution is 0.0768. The van der Waals surface area contributed by atoms with Crippen LogP contribution in [0.4, 0.5) is 0 Å². The van der Waals surface area contributed by atoms with Gasteiger partial charge in [0.1, 0.15) is 5.75 Å². The Balaban J connectivity index is 1.29. The number of carbonyl (C=O) groups excluding carboxylic acids is 1. The number of carbonyl (C=O) groups is 1. The number of benzene rings is 2. The maximum atomic E-state index is 13.5. The molecule has 5 rings (SSSR count). The van der Waals surface area contributed by atoms with E-state index in [0.29, 0.717) is 34.4 Å². The highest BCUT2D eigenvalue weighted by Gasteiger charge is 2.42. The lowest BCUT2D eigenvalue weighted by Gasteiger charge is -2.41. The summed E-state index contributed by atoms with van der Waals surface area (Å²) in [5.74, 6) is 0.651. The highest BCUT2D eigenvalue weighted by Crippen LogP contribution is 2.41. The smallest absolute Gasteiger partial charge is 0.257 e. The number of methoxy groups -OCH3 is 1. The Morgan fingerprint density at radius 3 is 2.46 bits per heavy atom. The molecule has 1 amide bonds. The summed E-state index contributed by atoms with van der Waals surface area (Å²) in [5.41, 5.74) is 1.66. The second-order valence-electron chi connectivity index (χ2n) is 11.0. The summed E-state index contributed by atoms with van der Waals surface area (Å²) < 4.78 is 5.48. The minimum atomic E-state index is -0.143. The van der Waals surface area contributed by atoms with Gasteiger partial charge in [0.2, 0.25) is 0 Å². The van der Waals surface area contributed by atoms with Gasteiger partial charge in [-0.3, -0.25) is 4.79 Å². The zero-order valence-electron chi connectivity index (χ0n) is 21.9. The number of nitrogens with zero attached hydrogens (tertiary/aromatic N) is 3. The second kappa shape index (κ2) is 11.9. The molecule has 1 atom stereocenters. The minimum Gasteiger partial charge on any atom is -0.496 e. The molecule has 0 aliphatic carbocycles. The maximum Gasteiger partial charge on any atom is 0.257 e. The fourth-order valence-corrected chi connectivity index (χ4v) is 6.91. The van der Waals surface area contributed by atoms with Crippen molar-refractivity contribution in [1.82, 2.24) is 14.7 Å². The number of amides is 1. The van der Waals surface area contributed by atoms with Gasteiger partial charge in [0.25, 0.3) is 5.91 Å². The monoisotopic (exact) mass is 543 g/mol. The molecule has 3 aliphatic heterocycles. The third kappa shape index (κ3) is 5.95. The van der Waals surface area contributed by atoms with Crippen LogP contribution in [0.15, 0.2) is 42.5 Å². The van der Waals surface area contributed by atoms with E-state index in [1.54, 1.807) is 7.11 Å². The molecule has 0 aromatic heterocycles. The van der Waals surface area contributed by atoms with Crippen LogP contribution in [0.5, 0.6) is 5.75 Å². The van der Waals surface area contributed by atoms with Crippen LogP contribution in [0, 0.1) is 0 Å². The molecule has 3 saturated heterocycles. The van der Waals surface area contributed by atoms with E-state index < -0.39 is 0 Å². The third-order valence-corrected chi connectivity index (χ3v) is 9.62. The highest BCUT2D eigenvalue weighted by atomic mass is 35.5. The van der Waals surface area contributed by atoms with Gasteiger partial charge in [0.05, 0.1) is 22.7 Å². The average Bonchev–Trinajstić information content (AvgIpc) is 3.39. The number of ether oxygens (including phenoxy) is 1. The van der Waals surface area contributed by atoms with Crippen molar-refractivity contribution < 1.29 is 9.53 Å². The standard InChI is InChI=1S/C30H39Cl2N3O2/c1-37-28-8-4-3-7-25(28)29(36)35-20-14-30(22-35,23-9-10-26(31)27(32)21-23)13-19-33-17-11-24(12-18-33)34-15-5-2-6-16-34/h3-4,7-10,21,24H,2,5-6,11-20,22H2,1H3/t30-/m1/s1. The molecular weight excluding hydrogens is 505 g/mol. The van der Waals surface area contributed by atoms with Gasteiger partial charge in [-0.25, -0.2) is 0 Å². The third-order valence-electron chi connectivity index (χ3n) is 8.88. The summed E-state index contributed by atoms with van der Waals surface area (Å²) in [5, 5.41) is 1.15. The molecule has 7 heteroatoms. The quantitative estimate of drug-likeness (QED) is 0.421. The van der Waals surface area contributed by atoms with E-state index >= 15 is 0 Å². The molecule has 0 unspecified atom stereocenters. The molecule has 3 heterocycles. The zero-order valence-corrected chi connectivity index (χ0v) is 23.4. The lowest BCUT2D eigenvalue weighted by atomic mass is 9.76. The largest absolute Gasteiger partial charge is 0.496 e. The first-order chi connectivity index (χ1) is 18.0. The maximum absolute atomic E-state index is 13.5. The van der Waals surface area contributed by atoms with Crippen molar-refractivity contribution in [2.24, 2.45) is 0 Å². The molecule has 0 bridgehead atoms.